The molecule has 1 aliphatic rings. The number of piperazine rings is 1. The number of nitrogens with one attached hydrogen (secondary N) is 1. The summed E-state index contributed by atoms with van der Waals surface area (Å²) in [4.78, 5) is 27.7. The van der Waals surface area contributed by atoms with Crippen molar-refractivity contribution in [2.24, 2.45) is 0 Å². The average Bonchev–Trinajstić information content (AvgIpc) is 2.39. The van der Waals surface area contributed by atoms with E-state index < -0.39 is 0 Å². The van der Waals surface area contributed by atoms with E-state index in [0.29, 0.717) is 11.3 Å². The van der Waals surface area contributed by atoms with Crippen molar-refractivity contribution < 1.29 is 9.59 Å². The Morgan fingerprint density at radius 2 is 1.74 bits per heavy atom. The van der Waals surface area contributed by atoms with E-state index in [1.165, 1.54) is 6.92 Å². The van der Waals surface area contributed by atoms with Crippen LogP contribution in [-0.2, 0) is 4.79 Å². The third-order valence-corrected chi connectivity index (χ3v) is 3.26. The van der Waals surface area contributed by atoms with Crippen LogP contribution >= 0.6 is 0 Å². The van der Waals surface area contributed by atoms with Crippen LogP contribution in [0.1, 0.15) is 17.3 Å². The Bertz CT molecular complexity index is 479. The van der Waals surface area contributed by atoms with Gasteiger partial charge in [0, 0.05) is 33.1 Å². The Kier molecular flexibility index (Phi) is 4.16. The van der Waals surface area contributed by atoms with Crippen molar-refractivity contribution >= 4 is 17.5 Å². The van der Waals surface area contributed by atoms with Gasteiger partial charge in [0.25, 0.3) is 5.91 Å². The first-order valence-electron chi connectivity index (χ1n) is 6.42. The van der Waals surface area contributed by atoms with Gasteiger partial charge >= 0.3 is 0 Å². The molecule has 0 radical (unpaired) electrons. The van der Waals surface area contributed by atoms with Crippen LogP contribution in [0.15, 0.2) is 24.3 Å². The zero-order valence-electron chi connectivity index (χ0n) is 11.3. The number of rotatable bonds is 2. The SMILES string of the molecule is CC(=O)Nc1ccccc1C(=O)N1CCN(C)CC1. The first-order chi connectivity index (χ1) is 9.08. The zero-order chi connectivity index (χ0) is 13.8. The van der Waals surface area contributed by atoms with E-state index in [4.69, 9.17) is 0 Å². The summed E-state index contributed by atoms with van der Waals surface area (Å²) in [6.45, 7) is 4.66. The number of nitrogens with zero attached hydrogens (tertiary/aromatic N) is 2. The quantitative estimate of drug-likeness (QED) is 0.865. The topological polar surface area (TPSA) is 52.7 Å². The highest BCUT2D eigenvalue weighted by Gasteiger charge is 2.22. The number of carbonyl (C=O) groups is 2. The van der Waals surface area contributed by atoms with Gasteiger partial charge in [-0.25, -0.2) is 0 Å². The van der Waals surface area contributed by atoms with Crippen LogP contribution in [0.25, 0.3) is 0 Å². The third kappa shape index (κ3) is 3.32. The van der Waals surface area contributed by atoms with Crippen LogP contribution in [0.2, 0.25) is 0 Å². The number of amides is 2. The molecule has 2 amide bonds. The van der Waals surface area contributed by atoms with Crippen LogP contribution in [0.5, 0.6) is 0 Å². The number of hydrogen-bond acceptors (Lipinski definition) is 3. The fourth-order valence-electron chi connectivity index (χ4n) is 2.15. The molecular weight excluding hydrogens is 242 g/mol. The molecule has 0 atom stereocenters. The molecule has 19 heavy (non-hydrogen) atoms. The van der Waals surface area contributed by atoms with Gasteiger partial charge in [0.2, 0.25) is 5.91 Å². The van der Waals surface area contributed by atoms with Crippen molar-refractivity contribution in [3.8, 4) is 0 Å². The van der Waals surface area contributed by atoms with Crippen molar-refractivity contribution in [2.45, 2.75) is 6.92 Å². The third-order valence-electron chi connectivity index (χ3n) is 3.26. The summed E-state index contributed by atoms with van der Waals surface area (Å²) in [7, 11) is 2.05. The van der Waals surface area contributed by atoms with Gasteiger partial charge in [0.15, 0.2) is 0 Å². The minimum absolute atomic E-state index is 0.0162. The second-order valence-electron chi connectivity index (χ2n) is 4.82. The first-order valence-corrected chi connectivity index (χ1v) is 6.42. The molecule has 1 saturated heterocycles. The summed E-state index contributed by atoms with van der Waals surface area (Å²) >= 11 is 0. The summed E-state index contributed by atoms with van der Waals surface area (Å²) in [6, 6.07) is 7.14. The van der Waals surface area contributed by atoms with Crippen LogP contribution < -0.4 is 5.32 Å². The maximum atomic E-state index is 12.5. The zero-order valence-corrected chi connectivity index (χ0v) is 11.3. The normalized spacial score (nSPS) is 16.2. The molecule has 5 heteroatoms. The Balaban J connectivity index is 2.16. The molecule has 0 spiro atoms. The lowest BCUT2D eigenvalue weighted by Gasteiger charge is -2.32. The molecule has 0 bridgehead atoms. The second kappa shape index (κ2) is 5.84. The molecule has 0 saturated carbocycles. The smallest absolute Gasteiger partial charge is 0.256 e. The molecular formula is C14H19N3O2. The van der Waals surface area contributed by atoms with Crippen LogP contribution in [0.3, 0.4) is 0 Å². The summed E-state index contributed by atoms with van der Waals surface area (Å²) in [5, 5.41) is 2.71. The fourth-order valence-corrected chi connectivity index (χ4v) is 2.15. The van der Waals surface area contributed by atoms with E-state index >= 15 is 0 Å². The van der Waals surface area contributed by atoms with Gasteiger partial charge in [-0.05, 0) is 19.2 Å². The molecule has 102 valence electrons. The van der Waals surface area contributed by atoms with Crippen LogP contribution in [0, 0.1) is 0 Å². The van der Waals surface area contributed by atoms with Crippen molar-refractivity contribution in [2.75, 3.05) is 38.5 Å². The Hall–Kier alpha value is -1.88. The Labute approximate surface area is 113 Å². The van der Waals surface area contributed by atoms with E-state index in [1.807, 2.05) is 24.1 Å². The average molecular weight is 261 g/mol. The van der Waals surface area contributed by atoms with Gasteiger partial charge in [0.05, 0.1) is 11.3 Å². The highest BCUT2D eigenvalue weighted by atomic mass is 16.2. The maximum Gasteiger partial charge on any atom is 0.256 e. The van der Waals surface area contributed by atoms with Gasteiger partial charge in [0.1, 0.15) is 0 Å². The standard InChI is InChI=1S/C14H19N3O2/c1-11(18)15-13-6-4-3-5-12(13)14(19)17-9-7-16(2)8-10-17/h3-6H,7-10H2,1-2H3,(H,15,18). The lowest BCUT2D eigenvalue weighted by atomic mass is 10.1. The molecule has 1 aliphatic heterocycles. The van der Waals surface area contributed by atoms with Crippen molar-refractivity contribution in [3.05, 3.63) is 29.8 Å². The molecule has 0 aliphatic carbocycles. The Morgan fingerprint density at radius 1 is 1.11 bits per heavy atom. The van der Waals surface area contributed by atoms with Crippen molar-refractivity contribution in [1.82, 2.24) is 9.80 Å². The van der Waals surface area contributed by atoms with Gasteiger partial charge in [-0.1, -0.05) is 12.1 Å². The predicted molar refractivity (Wildman–Crippen MR) is 74.1 cm³/mol. The molecule has 5 nitrogen and oxygen atoms in total. The lowest BCUT2D eigenvalue weighted by Crippen LogP contribution is -2.47. The summed E-state index contributed by atoms with van der Waals surface area (Å²) < 4.78 is 0. The number of benzene rings is 1. The van der Waals surface area contributed by atoms with Crippen LogP contribution in [0.4, 0.5) is 5.69 Å². The van der Waals surface area contributed by atoms with Gasteiger partial charge < -0.3 is 15.1 Å². The second-order valence-corrected chi connectivity index (χ2v) is 4.82. The highest BCUT2D eigenvalue weighted by molar-refractivity contribution is 6.03. The van der Waals surface area contributed by atoms with E-state index in [-0.39, 0.29) is 11.8 Å². The predicted octanol–water partition coefficient (Wildman–Crippen LogP) is 1.03. The fraction of sp³-hybridized carbons (Fsp3) is 0.429. The minimum atomic E-state index is -0.168. The van der Waals surface area contributed by atoms with Gasteiger partial charge in [-0.2, -0.15) is 0 Å². The monoisotopic (exact) mass is 261 g/mol. The number of anilines is 1. The maximum absolute atomic E-state index is 12.5. The number of carbonyl (C=O) groups excluding carboxylic acids is 2. The molecule has 1 aromatic carbocycles. The summed E-state index contributed by atoms with van der Waals surface area (Å²) in [5.41, 5.74) is 1.14. The Morgan fingerprint density at radius 3 is 2.37 bits per heavy atom. The largest absolute Gasteiger partial charge is 0.336 e. The van der Waals surface area contributed by atoms with E-state index in [9.17, 15) is 9.59 Å². The summed E-state index contributed by atoms with van der Waals surface area (Å²) in [6.07, 6.45) is 0. The van der Waals surface area contributed by atoms with Gasteiger partial charge in [-0.15, -0.1) is 0 Å². The molecule has 0 aromatic heterocycles. The van der Waals surface area contributed by atoms with E-state index in [0.717, 1.165) is 26.2 Å². The summed E-state index contributed by atoms with van der Waals surface area (Å²) in [5.74, 6) is -0.184. The van der Waals surface area contributed by atoms with E-state index in [1.54, 1.807) is 12.1 Å². The lowest BCUT2D eigenvalue weighted by molar-refractivity contribution is -0.114. The van der Waals surface area contributed by atoms with Crippen LogP contribution in [-0.4, -0.2) is 54.8 Å². The van der Waals surface area contributed by atoms with Crippen molar-refractivity contribution in [1.29, 1.82) is 0 Å². The van der Waals surface area contributed by atoms with Crippen molar-refractivity contribution in [3.63, 3.8) is 0 Å². The first kappa shape index (κ1) is 13.5. The molecule has 1 N–H and O–H groups in total. The number of hydrogen-bond donors (Lipinski definition) is 1. The molecule has 1 heterocycles. The molecule has 1 aromatic rings. The van der Waals surface area contributed by atoms with Gasteiger partial charge in [-0.3, -0.25) is 9.59 Å². The van der Waals surface area contributed by atoms with E-state index in [2.05, 4.69) is 10.2 Å². The highest BCUT2D eigenvalue weighted by Crippen LogP contribution is 2.18. The number of likely N-dealkylation sites (N-methyl/N-ethyl adjacent to an activating group) is 1. The molecule has 0 unspecified atom stereocenters. The number of para-hydroxylation sites is 1. The minimum Gasteiger partial charge on any atom is -0.336 e. The molecule has 2 rings (SSSR count). The molecule has 1 fully saturated rings.